The van der Waals surface area contributed by atoms with E-state index in [9.17, 15) is 9.59 Å². The molecule has 2 heterocycles. The number of para-hydroxylation sites is 1. The van der Waals surface area contributed by atoms with Gasteiger partial charge in [0.25, 0.3) is 5.91 Å². The van der Waals surface area contributed by atoms with Crippen molar-refractivity contribution in [1.82, 2.24) is 4.90 Å². The van der Waals surface area contributed by atoms with Gasteiger partial charge in [-0.1, -0.05) is 18.2 Å². The minimum atomic E-state index is -0.439. The Kier molecular flexibility index (Phi) is 10.2. The number of carbonyl (C=O) groups is 2. The Morgan fingerprint density at radius 3 is 2.61 bits per heavy atom. The highest BCUT2D eigenvalue weighted by molar-refractivity contribution is 5.95. The first kappa shape index (κ1) is 24.7. The second-order valence-corrected chi connectivity index (χ2v) is 7.18. The Hall–Kier alpha value is -1.38. The maximum Gasteiger partial charge on any atom is 0.253 e. The van der Waals surface area contributed by atoms with Crippen LogP contribution in [0.2, 0.25) is 0 Å². The van der Waals surface area contributed by atoms with Gasteiger partial charge in [0.05, 0.1) is 12.0 Å². The van der Waals surface area contributed by atoms with Crippen molar-refractivity contribution < 1.29 is 14.3 Å². The molecule has 1 aromatic carbocycles. The summed E-state index contributed by atoms with van der Waals surface area (Å²) < 4.78 is 5.68. The summed E-state index contributed by atoms with van der Waals surface area (Å²) >= 11 is 0. The van der Waals surface area contributed by atoms with E-state index in [4.69, 9.17) is 16.2 Å². The number of hydrogen-bond donors (Lipinski definition) is 3. The predicted molar refractivity (Wildman–Crippen MR) is 114 cm³/mol. The molecule has 5 N–H and O–H groups in total. The van der Waals surface area contributed by atoms with Crippen LogP contribution in [0.15, 0.2) is 24.3 Å². The first-order valence-corrected chi connectivity index (χ1v) is 9.32. The summed E-state index contributed by atoms with van der Waals surface area (Å²) in [7, 11) is 0. The molecule has 0 saturated carbocycles. The largest absolute Gasteiger partial charge is 0.369 e. The van der Waals surface area contributed by atoms with Crippen molar-refractivity contribution in [2.75, 3.05) is 25.0 Å². The van der Waals surface area contributed by atoms with Crippen molar-refractivity contribution >= 4 is 42.3 Å². The number of nitrogens with zero attached hydrogens (tertiary/aromatic N) is 1. The molecule has 0 aromatic heterocycles. The Morgan fingerprint density at radius 2 is 1.93 bits per heavy atom. The van der Waals surface area contributed by atoms with E-state index in [0.717, 1.165) is 37.1 Å². The number of primary amides is 1. The maximum atomic E-state index is 12.5. The third kappa shape index (κ3) is 6.32. The number of likely N-dealkylation sites (tertiary alicyclic amines) is 1. The molecule has 1 unspecified atom stereocenters. The Bertz CT molecular complexity index is 662. The molecule has 0 spiro atoms. The van der Waals surface area contributed by atoms with Crippen molar-refractivity contribution in [1.29, 1.82) is 0 Å². The van der Waals surface area contributed by atoms with Gasteiger partial charge < -0.3 is 21.5 Å². The van der Waals surface area contributed by atoms with Gasteiger partial charge in [0, 0.05) is 25.3 Å². The molecule has 2 fully saturated rings. The van der Waals surface area contributed by atoms with Gasteiger partial charge in [0.15, 0.2) is 0 Å². The van der Waals surface area contributed by atoms with Crippen molar-refractivity contribution in [3.8, 4) is 0 Å². The van der Waals surface area contributed by atoms with Crippen LogP contribution in [0.1, 0.15) is 31.2 Å². The number of anilines is 1. The summed E-state index contributed by atoms with van der Waals surface area (Å²) in [6.07, 6.45) is 2.86. The number of benzene rings is 1. The number of ether oxygens (including phenoxy) is 1. The van der Waals surface area contributed by atoms with Gasteiger partial charge in [-0.25, -0.2) is 0 Å². The molecular weight excluding hydrogens is 403 g/mol. The number of hydrogen-bond acceptors (Lipinski definition) is 5. The lowest BCUT2D eigenvalue weighted by Gasteiger charge is -2.31. The molecule has 158 valence electrons. The van der Waals surface area contributed by atoms with E-state index in [1.807, 2.05) is 24.3 Å². The average Bonchev–Trinajstić information content (AvgIpc) is 3.13. The Morgan fingerprint density at radius 1 is 1.18 bits per heavy atom. The molecule has 7 nitrogen and oxygen atoms in total. The molecule has 3 atom stereocenters. The van der Waals surface area contributed by atoms with Gasteiger partial charge in [-0.15, -0.1) is 24.8 Å². The van der Waals surface area contributed by atoms with Crippen LogP contribution in [0.5, 0.6) is 0 Å². The van der Waals surface area contributed by atoms with Crippen LogP contribution in [0.25, 0.3) is 0 Å². The highest BCUT2D eigenvalue weighted by Gasteiger charge is 2.30. The van der Waals surface area contributed by atoms with Crippen LogP contribution in [0.4, 0.5) is 5.69 Å². The van der Waals surface area contributed by atoms with Gasteiger partial charge in [-0.2, -0.15) is 0 Å². The van der Waals surface area contributed by atoms with Crippen molar-refractivity contribution in [2.45, 2.75) is 44.4 Å². The number of nitrogens with two attached hydrogens (primary N) is 2. The summed E-state index contributed by atoms with van der Waals surface area (Å²) in [4.78, 5) is 26.2. The summed E-state index contributed by atoms with van der Waals surface area (Å²) in [6, 6.07) is 7.76. The van der Waals surface area contributed by atoms with E-state index in [0.29, 0.717) is 26.1 Å². The van der Waals surface area contributed by atoms with Crippen molar-refractivity contribution in [2.24, 2.45) is 17.4 Å². The summed E-state index contributed by atoms with van der Waals surface area (Å²) in [5.41, 5.74) is 12.9. The predicted octanol–water partition coefficient (Wildman–Crippen LogP) is 1.67. The fourth-order valence-corrected chi connectivity index (χ4v) is 3.74. The summed E-state index contributed by atoms with van der Waals surface area (Å²) in [5.74, 6) is -0.447. The number of halogens is 2. The average molecular weight is 433 g/mol. The molecule has 2 saturated heterocycles. The molecule has 0 aliphatic carbocycles. The standard InChI is InChI=1S/C19H28N4O3.2ClH/c20-10-15-7-8-17(26-15)19(25)22-16-6-2-1-4-13(16)11-23-9-3-5-14(12-23)18(21)24;;/h1-2,4,6,14-15,17H,3,5,7-12,20H2,(H2,21,24)(H,22,25);2*1H/t14?,15-,17+;;/m1../s1. The molecule has 2 aliphatic heterocycles. The van der Waals surface area contributed by atoms with Crippen LogP contribution in [0, 0.1) is 5.92 Å². The highest BCUT2D eigenvalue weighted by Crippen LogP contribution is 2.24. The summed E-state index contributed by atoms with van der Waals surface area (Å²) in [5, 5.41) is 3.00. The third-order valence-corrected chi connectivity index (χ3v) is 5.24. The number of rotatable bonds is 6. The minimum absolute atomic E-state index is 0. The fraction of sp³-hybridized carbons (Fsp3) is 0.579. The SMILES string of the molecule is Cl.Cl.NC[C@H]1CC[C@@H](C(=O)Nc2ccccc2CN2CCCC(C(N)=O)C2)O1. The fourth-order valence-electron chi connectivity index (χ4n) is 3.74. The normalized spacial score (nSPS) is 24.7. The van der Waals surface area contributed by atoms with E-state index in [2.05, 4.69) is 10.2 Å². The van der Waals surface area contributed by atoms with Gasteiger partial charge in [-0.3, -0.25) is 14.5 Å². The number of nitrogens with one attached hydrogen (secondary N) is 1. The van der Waals surface area contributed by atoms with Gasteiger partial charge in [0.1, 0.15) is 6.10 Å². The molecule has 28 heavy (non-hydrogen) atoms. The van der Waals surface area contributed by atoms with Gasteiger partial charge in [0.2, 0.25) is 5.91 Å². The van der Waals surface area contributed by atoms with E-state index in [1.165, 1.54) is 0 Å². The second-order valence-electron chi connectivity index (χ2n) is 7.18. The van der Waals surface area contributed by atoms with Gasteiger partial charge in [-0.05, 0) is 43.9 Å². The van der Waals surface area contributed by atoms with Crippen LogP contribution >= 0.6 is 24.8 Å². The van der Waals surface area contributed by atoms with Crippen LogP contribution in [-0.4, -0.2) is 48.6 Å². The third-order valence-electron chi connectivity index (χ3n) is 5.24. The van der Waals surface area contributed by atoms with Crippen LogP contribution < -0.4 is 16.8 Å². The molecule has 0 bridgehead atoms. The molecule has 1 aromatic rings. The van der Waals surface area contributed by atoms with Crippen LogP contribution in [-0.2, 0) is 20.9 Å². The van der Waals surface area contributed by atoms with E-state index < -0.39 is 6.10 Å². The van der Waals surface area contributed by atoms with Gasteiger partial charge >= 0.3 is 0 Å². The quantitative estimate of drug-likeness (QED) is 0.632. The van der Waals surface area contributed by atoms with Crippen LogP contribution in [0.3, 0.4) is 0 Å². The lowest BCUT2D eigenvalue weighted by Crippen LogP contribution is -2.40. The van der Waals surface area contributed by atoms with E-state index in [1.54, 1.807) is 0 Å². The molecule has 2 amide bonds. The first-order chi connectivity index (χ1) is 12.6. The topological polar surface area (TPSA) is 111 Å². The molecule has 0 radical (unpaired) electrons. The van der Waals surface area contributed by atoms with E-state index in [-0.39, 0.29) is 48.7 Å². The zero-order chi connectivity index (χ0) is 18.5. The monoisotopic (exact) mass is 432 g/mol. The second kappa shape index (κ2) is 11.6. The lowest BCUT2D eigenvalue weighted by molar-refractivity contribution is -0.126. The minimum Gasteiger partial charge on any atom is -0.369 e. The molecular formula is C19H30Cl2N4O3. The number of amides is 2. The number of piperidine rings is 1. The Labute approximate surface area is 178 Å². The smallest absolute Gasteiger partial charge is 0.253 e. The number of carbonyl (C=O) groups excluding carboxylic acids is 2. The molecule has 9 heteroatoms. The molecule has 2 aliphatic rings. The summed E-state index contributed by atoms with van der Waals surface area (Å²) in [6.45, 7) is 2.71. The lowest BCUT2D eigenvalue weighted by atomic mass is 9.97. The molecule has 3 rings (SSSR count). The zero-order valence-electron chi connectivity index (χ0n) is 15.8. The van der Waals surface area contributed by atoms with Crippen molar-refractivity contribution in [3.63, 3.8) is 0 Å². The maximum absolute atomic E-state index is 12.5. The Balaban J connectivity index is 0.00000196. The van der Waals surface area contributed by atoms with Crippen molar-refractivity contribution in [3.05, 3.63) is 29.8 Å². The first-order valence-electron chi connectivity index (χ1n) is 9.32. The highest BCUT2D eigenvalue weighted by atomic mass is 35.5. The zero-order valence-corrected chi connectivity index (χ0v) is 17.5. The van der Waals surface area contributed by atoms with E-state index >= 15 is 0 Å².